The Bertz CT molecular complexity index is 40.0. The molecule has 0 unspecified atom stereocenters. The van der Waals surface area contributed by atoms with Crippen LogP contribution in [-0.4, -0.2) is 0 Å². The number of rotatable bonds is 2. The summed E-state index contributed by atoms with van der Waals surface area (Å²) in [6.07, 6.45) is 2.71. The summed E-state index contributed by atoms with van der Waals surface area (Å²) in [5.74, 6) is 0.898. The van der Waals surface area contributed by atoms with Gasteiger partial charge < -0.3 is 0 Å². The Labute approximate surface area is 74.0 Å². The molecule has 0 fully saturated rings. The van der Waals surface area contributed by atoms with Crippen LogP contribution in [0.25, 0.3) is 0 Å². The maximum absolute atomic E-state index is 4.95. The van der Waals surface area contributed by atoms with Crippen molar-refractivity contribution < 1.29 is 15.1 Å². The molecule has 0 heterocycles. The summed E-state index contributed by atoms with van der Waals surface area (Å²) >= 11 is -0.931. The van der Waals surface area contributed by atoms with Gasteiger partial charge in [0.2, 0.25) is 0 Å². The molecule has 0 saturated heterocycles. The van der Waals surface area contributed by atoms with E-state index in [0.717, 1.165) is 5.92 Å². The van der Waals surface area contributed by atoms with Crippen LogP contribution in [0.4, 0.5) is 0 Å². The first-order chi connectivity index (χ1) is 4.18. The molecule has 3 heteroatoms. The Morgan fingerprint density at radius 3 is 1.67 bits per heavy atom. The van der Waals surface area contributed by atoms with Crippen LogP contribution < -0.4 is 0 Å². The normalized spacial score (nSPS) is 7.78. The molecule has 0 aliphatic heterocycles. The van der Waals surface area contributed by atoms with E-state index in [-0.39, 0.29) is 0 Å². The predicted octanol–water partition coefficient (Wildman–Crippen LogP) is 3.82. The first-order valence-electron chi connectivity index (χ1n) is 3.30. The molecule has 0 N–H and O–H groups in total. The average molecular weight is 222 g/mol. The molecule has 0 nitrogen and oxygen atoms in total. The first kappa shape index (κ1) is 12.8. The Hall–Kier alpha value is 1.20. The Morgan fingerprint density at radius 2 is 1.67 bits per heavy atom. The molecule has 0 aromatic heterocycles. The van der Waals surface area contributed by atoms with Crippen molar-refractivity contribution >= 4 is 19.4 Å². The van der Waals surface area contributed by atoms with Gasteiger partial charge in [-0.05, 0) is 5.92 Å². The molecule has 0 aliphatic rings. The third-order valence-corrected chi connectivity index (χ3v) is 0.866. The number of halogens is 2. The summed E-state index contributed by atoms with van der Waals surface area (Å²) in [5, 5.41) is 0. The zero-order valence-electron chi connectivity index (χ0n) is 6.45. The zero-order valence-corrected chi connectivity index (χ0v) is 10.9. The molecule has 0 rings (SSSR count). The number of hydrogen-bond acceptors (Lipinski definition) is 0. The van der Waals surface area contributed by atoms with Crippen LogP contribution >= 0.6 is 19.4 Å². The van der Waals surface area contributed by atoms with Crippen LogP contribution in [0, 0.1) is 5.92 Å². The fraction of sp³-hybridized carbons (Fsp3) is 1.00. The van der Waals surface area contributed by atoms with Crippen LogP contribution in [0.1, 0.15) is 33.6 Å². The van der Waals surface area contributed by atoms with Gasteiger partial charge in [-0.1, -0.05) is 33.6 Å². The van der Waals surface area contributed by atoms with E-state index in [2.05, 4.69) is 20.8 Å². The number of hydrogen-bond donors (Lipinski definition) is 0. The van der Waals surface area contributed by atoms with Crippen molar-refractivity contribution in [1.29, 1.82) is 0 Å². The third-order valence-electron chi connectivity index (χ3n) is 0.866. The van der Waals surface area contributed by atoms with Gasteiger partial charge in [-0.25, -0.2) is 0 Å². The second-order valence-electron chi connectivity index (χ2n) is 2.28. The second kappa shape index (κ2) is 11.9. The van der Waals surface area contributed by atoms with E-state index >= 15 is 0 Å². The van der Waals surface area contributed by atoms with Crippen LogP contribution in [0.3, 0.4) is 0 Å². The fourth-order valence-electron chi connectivity index (χ4n) is 0.577. The zero-order chi connectivity index (χ0) is 7.70. The molecule has 0 aliphatic carbocycles. The SMILES string of the molecule is CCCC(C)C.[Cl][Zn][Cl]. The van der Waals surface area contributed by atoms with Gasteiger partial charge in [0, 0.05) is 0 Å². The monoisotopic (exact) mass is 220 g/mol. The van der Waals surface area contributed by atoms with Gasteiger partial charge >= 0.3 is 34.5 Å². The first-order valence-corrected chi connectivity index (χ1v) is 11.1. The summed E-state index contributed by atoms with van der Waals surface area (Å²) in [5.41, 5.74) is 0. The van der Waals surface area contributed by atoms with Gasteiger partial charge in [-0.3, -0.25) is 0 Å². The Kier molecular flexibility index (Phi) is 17.0. The Morgan fingerprint density at radius 1 is 1.33 bits per heavy atom. The van der Waals surface area contributed by atoms with Crippen molar-refractivity contribution in [3.8, 4) is 0 Å². The molecule has 0 atom stereocenters. The van der Waals surface area contributed by atoms with E-state index in [4.69, 9.17) is 19.4 Å². The standard InChI is InChI=1S/C6H14.2ClH.Zn/c1-4-5-6(2)3;;;/h6H,4-5H2,1-3H3;2*1H;/q;;;+2/p-2. The van der Waals surface area contributed by atoms with Gasteiger partial charge in [0.15, 0.2) is 0 Å². The second-order valence-corrected chi connectivity index (χ2v) is 6.91. The topological polar surface area (TPSA) is 0 Å². The summed E-state index contributed by atoms with van der Waals surface area (Å²) in [4.78, 5) is 0. The molecule has 0 aromatic rings. The van der Waals surface area contributed by atoms with E-state index < -0.39 is 15.1 Å². The van der Waals surface area contributed by atoms with Crippen molar-refractivity contribution in [2.24, 2.45) is 5.92 Å². The summed E-state index contributed by atoms with van der Waals surface area (Å²) in [6, 6.07) is 0. The van der Waals surface area contributed by atoms with Crippen LogP contribution in [-0.2, 0) is 15.1 Å². The van der Waals surface area contributed by atoms with E-state index in [0.29, 0.717) is 0 Å². The van der Waals surface area contributed by atoms with Crippen molar-refractivity contribution in [2.45, 2.75) is 33.6 Å². The van der Waals surface area contributed by atoms with E-state index in [9.17, 15) is 0 Å². The Balaban J connectivity index is 0. The van der Waals surface area contributed by atoms with Gasteiger partial charge in [-0.2, -0.15) is 0 Å². The molecule has 0 saturated carbocycles. The van der Waals surface area contributed by atoms with Gasteiger partial charge in [-0.15, -0.1) is 0 Å². The summed E-state index contributed by atoms with van der Waals surface area (Å²) < 4.78 is 0. The van der Waals surface area contributed by atoms with Gasteiger partial charge in [0.1, 0.15) is 0 Å². The van der Waals surface area contributed by atoms with Gasteiger partial charge in [0.05, 0.1) is 0 Å². The molecule has 54 valence electrons. The van der Waals surface area contributed by atoms with Crippen molar-refractivity contribution in [3.05, 3.63) is 0 Å². The summed E-state index contributed by atoms with van der Waals surface area (Å²) in [7, 11) is 9.90. The van der Waals surface area contributed by atoms with Crippen LogP contribution in [0.5, 0.6) is 0 Å². The molecule has 0 amide bonds. The molecule has 0 aromatic carbocycles. The molecule has 0 radical (unpaired) electrons. The van der Waals surface area contributed by atoms with E-state index in [1.54, 1.807) is 0 Å². The molecular weight excluding hydrogens is 208 g/mol. The van der Waals surface area contributed by atoms with Crippen molar-refractivity contribution in [2.75, 3.05) is 0 Å². The average Bonchev–Trinajstić information content (AvgIpc) is 1.67. The molecule has 0 spiro atoms. The third kappa shape index (κ3) is 27.0. The fourth-order valence-corrected chi connectivity index (χ4v) is 0.577. The maximum atomic E-state index is 4.95. The quantitative estimate of drug-likeness (QED) is 0.623. The predicted molar refractivity (Wildman–Crippen MR) is 41.5 cm³/mol. The van der Waals surface area contributed by atoms with E-state index in [1.165, 1.54) is 12.8 Å². The molecule has 9 heavy (non-hydrogen) atoms. The van der Waals surface area contributed by atoms with Crippen LogP contribution in [0.2, 0.25) is 0 Å². The van der Waals surface area contributed by atoms with Crippen molar-refractivity contribution in [3.63, 3.8) is 0 Å². The summed E-state index contributed by atoms with van der Waals surface area (Å²) in [6.45, 7) is 6.73. The molecule has 0 bridgehead atoms. The minimum absolute atomic E-state index is 0.898. The minimum atomic E-state index is -0.931. The van der Waals surface area contributed by atoms with E-state index in [1.807, 2.05) is 0 Å². The van der Waals surface area contributed by atoms with Crippen molar-refractivity contribution in [1.82, 2.24) is 0 Å². The molecular formula is C6H14Cl2Zn. The van der Waals surface area contributed by atoms with Gasteiger partial charge in [0.25, 0.3) is 0 Å². The van der Waals surface area contributed by atoms with Crippen LogP contribution in [0.15, 0.2) is 0 Å².